The van der Waals surface area contributed by atoms with Gasteiger partial charge in [-0.25, -0.2) is 0 Å². The summed E-state index contributed by atoms with van der Waals surface area (Å²) in [4.78, 5) is 2.50. The number of piperidine rings is 1. The first-order valence-corrected chi connectivity index (χ1v) is 12.3. The molecule has 2 heterocycles. The van der Waals surface area contributed by atoms with Gasteiger partial charge in [-0.05, 0) is 86.0 Å². The molecule has 0 bridgehead atoms. The molecule has 0 radical (unpaired) electrons. The first-order chi connectivity index (χ1) is 16.7. The van der Waals surface area contributed by atoms with Crippen LogP contribution in [0.3, 0.4) is 0 Å². The van der Waals surface area contributed by atoms with Gasteiger partial charge < -0.3 is 14.2 Å². The number of fused-ring (bicyclic) bond motifs is 1. The standard InChI is InChI=1S/C30H33NO3/c1-22-6-7-25-21-28(23-8-12-26(32-2)13-9-23)30(34-29(25)20-22)24-10-14-27(15-11-24)33-19-18-31-16-4-3-5-17-31/h6-15,20-21,30H,3-5,16-19H2,1-2H3. The lowest BCUT2D eigenvalue weighted by Gasteiger charge is -2.29. The number of rotatable bonds is 7. The van der Waals surface area contributed by atoms with E-state index in [2.05, 4.69) is 72.5 Å². The van der Waals surface area contributed by atoms with Crippen molar-refractivity contribution in [3.63, 3.8) is 0 Å². The summed E-state index contributed by atoms with van der Waals surface area (Å²) in [5.74, 6) is 2.67. The number of aryl methyl sites for hydroxylation is 1. The molecule has 1 fully saturated rings. The summed E-state index contributed by atoms with van der Waals surface area (Å²) >= 11 is 0. The van der Waals surface area contributed by atoms with Gasteiger partial charge in [-0.2, -0.15) is 0 Å². The van der Waals surface area contributed by atoms with Crippen LogP contribution in [-0.2, 0) is 0 Å². The number of likely N-dealkylation sites (tertiary alicyclic amines) is 1. The van der Waals surface area contributed by atoms with E-state index >= 15 is 0 Å². The van der Waals surface area contributed by atoms with Crippen molar-refractivity contribution in [2.75, 3.05) is 33.4 Å². The largest absolute Gasteiger partial charge is 0.497 e. The van der Waals surface area contributed by atoms with E-state index in [0.29, 0.717) is 0 Å². The number of hydrogen-bond acceptors (Lipinski definition) is 4. The van der Waals surface area contributed by atoms with E-state index in [-0.39, 0.29) is 6.10 Å². The summed E-state index contributed by atoms with van der Waals surface area (Å²) < 4.78 is 18.0. The van der Waals surface area contributed by atoms with Crippen LogP contribution in [0.5, 0.6) is 17.2 Å². The average Bonchev–Trinajstić information content (AvgIpc) is 2.89. The van der Waals surface area contributed by atoms with Crippen LogP contribution in [0.1, 0.15) is 47.6 Å². The van der Waals surface area contributed by atoms with Crippen molar-refractivity contribution in [3.05, 3.63) is 89.0 Å². The molecule has 4 heteroatoms. The highest BCUT2D eigenvalue weighted by Gasteiger charge is 2.26. The lowest BCUT2D eigenvalue weighted by Crippen LogP contribution is -2.33. The van der Waals surface area contributed by atoms with Crippen molar-refractivity contribution in [1.82, 2.24) is 4.90 Å². The number of methoxy groups -OCH3 is 1. The summed E-state index contributed by atoms with van der Waals surface area (Å²) in [6, 6.07) is 22.9. The molecular formula is C30H33NO3. The van der Waals surface area contributed by atoms with Gasteiger partial charge in [-0.3, -0.25) is 4.90 Å². The molecule has 34 heavy (non-hydrogen) atoms. The molecule has 0 aliphatic carbocycles. The molecule has 5 rings (SSSR count). The molecule has 1 unspecified atom stereocenters. The summed E-state index contributed by atoms with van der Waals surface area (Å²) in [5.41, 5.74) is 5.66. The van der Waals surface area contributed by atoms with Gasteiger partial charge in [0.15, 0.2) is 0 Å². The molecular weight excluding hydrogens is 422 g/mol. The Bertz CT molecular complexity index is 1130. The fourth-order valence-electron chi connectivity index (χ4n) is 4.78. The maximum Gasteiger partial charge on any atom is 0.149 e. The third-order valence-electron chi connectivity index (χ3n) is 6.74. The molecule has 0 aromatic heterocycles. The summed E-state index contributed by atoms with van der Waals surface area (Å²) in [6.07, 6.45) is 6.03. The van der Waals surface area contributed by atoms with Gasteiger partial charge in [0.05, 0.1) is 7.11 Å². The van der Waals surface area contributed by atoms with Gasteiger partial charge in [0.2, 0.25) is 0 Å². The minimum absolute atomic E-state index is 0.190. The molecule has 1 atom stereocenters. The van der Waals surface area contributed by atoms with E-state index in [4.69, 9.17) is 14.2 Å². The van der Waals surface area contributed by atoms with Crippen LogP contribution < -0.4 is 14.2 Å². The van der Waals surface area contributed by atoms with E-state index in [0.717, 1.165) is 52.7 Å². The van der Waals surface area contributed by atoms with Gasteiger partial charge in [0, 0.05) is 17.7 Å². The Balaban J connectivity index is 1.35. The quantitative estimate of drug-likeness (QED) is 0.405. The minimum atomic E-state index is -0.190. The highest BCUT2D eigenvalue weighted by Crippen LogP contribution is 2.43. The molecule has 2 aliphatic heterocycles. The fourth-order valence-corrected chi connectivity index (χ4v) is 4.78. The predicted molar refractivity (Wildman–Crippen MR) is 138 cm³/mol. The highest BCUT2D eigenvalue weighted by atomic mass is 16.5. The van der Waals surface area contributed by atoms with Crippen LogP contribution in [-0.4, -0.2) is 38.3 Å². The number of hydrogen-bond donors (Lipinski definition) is 0. The number of ether oxygens (including phenoxy) is 3. The first kappa shape index (κ1) is 22.5. The summed E-state index contributed by atoms with van der Waals surface area (Å²) in [5, 5.41) is 0. The van der Waals surface area contributed by atoms with E-state index in [9.17, 15) is 0 Å². The second-order valence-electron chi connectivity index (χ2n) is 9.19. The monoisotopic (exact) mass is 455 g/mol. The van der Waals surface area contributed by atoms with Crippen LogP contribution in [0.15, 0.2) is 66.7 Å². The van der Waals surface area contributed by atoms with Gasteiger partial charge in [-0.1, -0.05) is 42.8 Å². The zero-order valence-electron chi connectivity index (χ0n) is 20.1. The Hall–Kier alpha value is -3.24. The zero-order valence-corrected chi connectivity index (χ0v) is 20.1. The van der Waals surface area contributed by atoms with Crippen molar-refractivity contribution >= 4 is 11.6 Å². The Labute approximate surface area is 202 Å². The normalized spacial score (nSPS) is 17.9. The summed E-state index contributed by atoms with van der Waals surface area (Å²) in [6.45, 7) is 6.21. The fraction of sp³-hybridized carbons (Fsp3) is 0.333. The Kier molecular flexibility index (Phi) is 6.87. The SMILES string of the molecule is COc1ccc(C2=Cc3ccc(C)cc3OC2c2ccc(OCCN3CCCCC3)cc2)cc1. The molecule has 3 aromatic rings. The van der Waals surface area contributed by atoms with Crippen molar-refractivity contribution in [2.45, 2.75) is 32.3 Å². The maximum absolute atomic E-state index is 6.58. The number of nitrogens with zero attached hydrogens (tertiary/aromatic N) is 1. The molecule has 1 saturated heterocycles. The van der Waals surface area contributed by atoms with Crippen molar-refractivity contribution in [3.8, 4) is 17.2 Å². The van der Waals surface area contributed by atoms with Crippen LogP contribution >= 0.6 is 0 Å². The molecule has 0 saturated carbocycles. The summed E-state index contributed by atoms with van der Waals surface area (Å²) in [7, 11) is 1.69. The molecule has 2 aliphatic rings. The van der Waals surface area contributed by atoms with Gasteiger partial charge in [0.1, 0.15) is 30.0 Å². The Morgan fingerprint density at radius 3 is 2.35 bits per heavy atom. The second-order valence-corrected chi connectivity index (χ2v) is 9.19. The van der Waals surface area contributed by atoms with Crippen molar-refractivity contribution < 1.29 is 14.2 Å². The first-order valence-electron chi connectivity index (χ1n) is 12.3. The lowest BCUT2D eigenvalue weighted by molar-refractivity contribution is 0.183. The molecule has 0 N–H and O–H groups in total. The zero-order chi connectivity index (χ0) is 23.3. The van der Waals surface area contributed by atoms with E-state index < -0.39 is 0 Å². The van der Waals surface area contributed by atoms with Crippen LogP contribution in [0.2, 0.25) is 0 Å². The van der Waals surface area contributed by atoms with E-state index in [1.807, 2.05) is 12.1 Å². The molecule has 4 nitrogen and oxygen atoms in total. The van der Waals surface area contributed by atoms with Gasteiger partial charge >= 0.3 is 0 Å². The highest BCUT2D eigenvalue weighted by molar-refractivity contribution is 5.88. The topological polar surface area (TPSA) is 30.9 Å². The third kappa shape index (κ3) is 5.13. The average molecular weight is 456 g/mol. The predicted octanol–water partition coefficient (Wildman–Crippen LogP) is 6.54. The Morgan fingerprint density at radius 2 is 1.62 bits per heavy atom. The van der Waals surface area contributed by atoms with Crippen molar-refractivity contribution in [2.24, 2.45) is 0 Å². The lowest BCUT2D eigenvalue weighted by atomic mass is 9.90. The van der Waals surface area contributed by atoms with E-state index in [1.54, 1.807) is 7.11 Å². The second kappa shape index (κ2) is 10.4. The van der Waals surface area contributed by atoms with Gasteiger partial charge in [0.25, 0.3) is 0 Å². The van der Waals surface area contributed by atoms with Crippen LogP contribution in [0.25, 0.3) is 11.6 Å². The smallest absolute Gasteiger partial charge is 0.149 e. The minimum Gasteiger partial charge on any atom is -0.497 e. The Morgan fingerprint density at radius 1 is 0.882 bits per heavy atom. The molecule has 3 aromatic carbocycles. The van der Waals surface area contributed by atoms with Crippen LogP contribution in [0.4, 0.5) is 0 Å². The van der Waals surface area contributed by atoms with Crippen LogP contribution in [0, 0.1) is 6.92 Å². The number of benzene rings is 3. The molecule has 0 amide bonds. The van der Waals surface area contributed by atoms with Gasteiger partial charge in [-0.15, -0.1) is 0 Å². The molecule has 0 spiro atoms. The van der Waals surface area contributed by atoms with Crippen molar-refractivity contribution in [1.29, 1.82) is 0 Å². The third-order valence-corrected chi connectivity index (χ3v) is 6.74. The maximum atomic E-state index is 6.58. The molecule has 176 valence electrons. The van der Waals surface area contributed by atoms with E-state index in [1.165, 1.54) is 37.9 Å².